The highest BCUT2D eigenvalue weighted by atomic mass is 35.5. The number of amidine groups is 1. The first-order valence-corrected chi connectivity index (χ1v) is 8.71. The lowest BCUT2D eigenvalue weighted by Gasteiger charge is -2.19. The number of guanidine groups is 1. The molecule has 0 saturated carbocycles. The van der Waals surface area contributed by atoms with E-state index >= 15 is 0 Å². The van der Waals surface area contributed by atoms with E-state index in [0.717, 1.165) is 22.5 Å². The Morgan fingerprint density at radius 1 is 1.31 bits per heavy atom. The molecule has 1 aromatic carbocycles. The molecule has 0 fully saturated rings. The van der Waals surface area contributed by atoms with Crippen LogP contribution < -0.4 is 16.0 Å². The van der Waals surface area contributed by atoms with Gasteiger partial charge in [0, 0.05) is 30.3 Å². The van der Waals surface area contributed by atoms with Gasteiger partial charge in [0.25, 0.3) is 0 Å². The van der Waals surface area contributed by atoms with Crippen molar-refractivity contribution < 1.29 is 4.79 Å². The van der Waals surface area contributed by atoms with Gasteiger partial charge in [-0.2, -0.15) is 4.99 Å². The van der Waals surface area contributed by atoms with E-state index in [1.54, 1.807) is 12.4 Å². The van der Waals surface area contributed by atoms with E-state index in [-0.39, 0.29) is 11.3 Å². The molecule has 0 spiro atoms. The maximum Gasteiger partial charge on any atom is 0.228 e. The number of rotatable bonds is 3. The minimum Gasteiger partial charge on any atom is -0.350 e. The largest absolute Gasteiger partial charge is 0.350 e. The molecule has 7 nitrogen and oxygen atoms in total. The van der Waals surface area contributed by atoms with Gasteiger partial charge in [0.15, 0.2) is 0 Å². The van der Waals surface area contributed by atoms with Crippen LogP contribution >= 0.6 is 11.6 Å². The van der Waals surface area contributed by atoms with Crippen LogP contribution in [0.3, 0.4) is 0 Å². The van der Waals surface area contributed by atoms with Gasteiger partial charge in [-0.1, -0.05) is 6.07 Å². The molecular formula is C18H17ClN6O. The van der Waals surface area contributed by atoms with Gasteiger partial charge < -0.3 is 16.0 Å². The number of nitrogens with zero attached hydrogens (tertiary/aromatic N) is 3. The van der Waals surface area contributed by atoms with Crippen LogP contribution in [0.4, 0.5) is 11.4 Å². The Morgan fingerprint density at radius 3 is 3.08 bits per heavy atom. The molecule has 0 radical (unpaired) electrons. The summed E-state index contributed by atoms with van der Waals surface area (Å²) >= 11 is 6.35. The van der Waals surface area contributed by atoms with Gasteiger partial charge in [-0.15, -0.1) is 11.6 Å². The first-order chi connectivity index (χ1) is 12.7. The highest BCUT2D eigenvalue weighted by molar-refractivity contribution is 6.35. The van der Waals surface area contributed by atoms with Crippen molar-refractivity contribution in [1.82, 2.24) is 10.3 Å². The van der Waals surface area contributed by atoms with Crippen molar-refractivity contribution in [3.63, 3.8) is 0 Å². The monoisotopic (exact) mass is 368 g/mol. The zero-order chi connectivity index (χ0) is 17.9. The summed E-state index contributed by atoms with van der Waals surface area (Å²) in [6, 6.07) is 9.58. The van der Waals surface area contributed by atoms with Crippen molar-refractivity contribution in [3.05, 3.63) is 53.9 Å². The van der Waals surface area contributed by atoms with Crippen LogP contribution in [-0.2, 0) is 17.8 Å². The molecule has 2 aliphatic rings. The van der Waals surface area contributed by atoms with Gasteiger partial charge in [-0.05, 0) is 35.4 Å². The fourth-order valence-electron chi connectivity index (χ4n) is 2.81. The average molecular weight is 369 g/mol. The Balaban J connectivity index is 1.45. The Bertz CT molecular complexity index is 896. The molecule has 26 heavy (non-hydrogen) atoms. The van der Waals surface area contributed by atoms with Crippen LogP contribution in [0.25, 0.3) is 0 Å². The molecule has 0 bridgehead atoms. The van der Waals surface area contributed by atoms with Crippen molar-refractivity contribution in [3.8, 4) is 0 Å². The highest BCUT2D eigenvalue weighted by Crippen LogP contribution is 2.26. The van der Waals surface area contributed by atoms with Crippen LogP contribution in [0.1, 0.15) is 11.1 Å². The molecule has 1 atom stereocenters. The van der Waals surface area contributed by atoms with E-state index in [0.29, 0.717) is 31.3 Å². The maximum atomic E-state index is 11.5. The second-order valence-corrected chi connectivity index (χ2v) is 6.59. The molecule has 0 aliphatic carbocycles. The number of halogens is 1. The summed E-state index contributed by atoms with van der Waals surface area (Å²) in [7, 11) is 0. The summed E-state index contributed by atoms with van der Waals surface area (Å²) in [6.45, 7) is 1.02. The third-order valence-electron chi connectivity index (χ3n) is 4.10. The minimum atomic E-state index is -0.327. The van der Waals surface area contributed by atoms with Gasteiger partial charge in [-0.25, -0.2) is 4.99 Å². The lowest BCUT2D eigenvalue weighted by molar-refractivity contribution is -0.115. The minimum absolute atomic E-state index is 0.0106. The summed E-state index contributed by atoms with van der Waals surface area (Å²) in [5.41, 5.74) is 3.71. The van der Waals surface area contributed by atoms with Crippen molar-refractivity contribution >= 4 is 40.7 Å². The number of carbonyl (C=O) groups is 1. The molecule has 1 aromatic heterocycles. The maximum absolute atomic E-state index is 11.5. The van der Waals surface area contributed by atoms with Crippen molar-refractivity contribution in [2.45, 2.75) is 18.3 Å². The van der Waals surface area contributed by atoms with Gasteiger partial charge >= 0.3 is 0 Å². The number of pyridine rings is 1. The third kappa shape index (κ3) is 3.67. The molecule has 2 aliphatic heterocycles. The molecule has 1 unspecified atom stereocenters. The van der Waals surface area contributed by atoms with Crippen molar-refractivity contribution in [1.29, 1.82) is 0 Å². The van der Waals surface area contributed by atoms with E-state index in [4.69, 9.17) is 11.6 Å². The molecule has 3 N–H and O–H groups in total. The summed E-state index contributed by atoms with van der Waals surface area (Å²) < 4.78 is 0. The molecule has 2 aromatic rings. The van der Waals surface area contributed by atoms with Crippen LogP contribution in [0.15, 0.2) is 52.7 Å². The van der Waals surface area contributed by atoms with Crippen molar-refractivity contribution in [2.75, 3.05) is 17.2 Å². The molecule has 4 rings (SSSR count). The number of carbonyl (C=O) groups excluding carboxylic acids is 1. The third-order valence-corrected chi connectivity index (χ3v) is 4.45. The predicted molar refractivity (Wildman–Crippen MR) is 103 cm³/mol. The van der Waals surface area contributed by atoms with Gasteiger partial charge in [0.05, 0.1) is 13.0 Å². The highest BCUT2D eigenvalue weighted by Gasteiger charge is 2.21. The summed E-state index contributed by atoms with van der Waals surface area (Å²) in [5.74, 6) is 1.18. The molecule has 3 heterocycles. The zero-order valence-corrected chi connectivity index (χ0v) is 14.6. The number of nitrogens with one attached hydrogen (secondary N) is 3. The SMILES string of the molecule is O=C1Cc2cc(NC3=NC(NCc4cccnc4)=NCC3Cl)ccc2N1. The molecule has 0 saturated heterocycles. The number of hydrogen-bond acceptors (Lipinski definition) is 6. The molecular weight excluding hydrogens is 352 g/mol. The Hall–Kier alpha value is -2.93. The lowest BCUT2D eigenvalue weighted by Crippen LogP contribution is -2.35. The lowest BCUT2D eigenvalue weighted by atomic mass is 10.1. The first kappa shape index (κ1) is 16.5. The fraction of sp³-hybridized carbons (Fsp3) is 0.222. The van der Waals surface area contributed by atoms with E-state index in [1.165, 1.54) is 0 Å². The number of fused-ring (bicyclic) bond motifs is 1. The number of benzene rings is 1. The number of anilines is 2. The predicted octanol–water partition coefficient (Wildman–Crippen LogP) is 2.15. The number of amides is 1. The first-order valence-electron chi connectivity index (χ1n) is 8.27. The Morgan fingerprint density at radius 2 is 2.23 bits per heavy atom. The number of hydrogen-bond donors (Lipinski definition) is 3. The Labute approximate surface area is 155 Å². The van der Waals surface area contributed by atoms with Gasteiger partial charge in [0.2, 0.25) is 11.9 Å². The average Bonchev–Trinajstić information content (AvgIpc) is 3.02. The van der Waals surface area contributed by atoms with Gasteiger partial charge in [-0.3, -0.25) is 9.78 Å². The topological polar surface area (TPSA) is 90.8 Å². The summed E-state index contributed by atoms with van der Waals surface area (Å²) in [4.78, 5) is 24.4. The van der Waals surface area contributed by atoms with Crippen LogP contribution in [0, 0.1) is 0 Å². The van der Waals surface area contributed by atoms with Crippen molar-refractivity contribution in [2.24, 2.45) is 9.98 Å². The molecule has 1 amide bonds. The van der Waals surface area contributed by atoms with E-state index in [2.05, 4.69) is 30.9 Å². The standard InChI is InChI=1S/C18H17ClN6O/c19-14-10-22-18(21-9-11-2-1-5-20-8-11)25-17(14)23-13-3-4-15-12(6-13)7-16(26)24-15/h1-6,8,14H,7,9-10H2,(H,24,26)(H2,21,22,23,25). The molecule has 8 heteroatoms. The summed E-state index contributed by atoms with van der Waals surface area (Å²) in [6.07, 6.45) is 3.92. The van der Waals surface area contributed by atoms with E-state index in [1.807, 2.05) is 30.3 Å². The quantitative estimate of drug-likeness (QED) is 0.724. The van der Waals surface area contributed by atoms with E-state index in [9.17, 15) is 4.79 Å². The number of alkyl halides is 1. The smallest absolute Gasteiger partial charge is 0.228 e. The Kier molecular flexibility index (Phi) is 4.53. The second-order valence-electron chi connectivity index (χ2n) is 6.07. The number of aliphatic imine (C=N–C) groups is 2. The van der Waals surface area contributed by atoms with Crippen LogP contribution in [0.2, 0.25) is 0 Å². The zero-order valence-electron chi connectivity index (χ0n) is 13.9. The van der Waals surface area contributed by atoms with E-state index < -0.39 is 0 Å². The second kappa shape index (κ2) is 7.13. The normalized spacial score (nSPS) is 18.5. The van der Waals surface area contributed by atoms with Crippen LogP contribution in [-0.4, -0.2) is 34.6 Å². The molecule has 132 valence electrons. The number of aromatic nitrogens is 1. The fourth-order valence-corrected chi connectivity index (χ4v) is 2.99. The van der Waals surface area contributed by atoms with Crippen LogP contribution in [0.5, 0.6) is 0 Å². The van der Waals surface area contributed by atoms with Gasteiger partial charge in [0.1, 0.15) is 11.2 Å². The summed E-state index contributed by atoms with van der Waals surface area (Å²) in [5, 5.41) is 8.93.